The summed E-state index contributed by atoms with van der Waals surface area (Å²) in [6.07, 6.45) is 4.01. The van der Waals surface area contributed by atoms with Gasteiger partial charge in [0.05, 0.1) is 0 Å². The van der Waals surface area contributed by atoms with Crippen LogP contribution in [-0.2, 0) is 4.79 Å². The fraction of sp³-hybridized carbons (Fsp3) is 0.500. The lowest BCUT2D eigenvalue weighted by Gasteiger charge is -2.09. The topological polar surface area (TPSA) is 17.1 Å². The second kappa shape index (κ2) is 1.59. The maximum atomic E-state index is 10.7. The zero-order valence-electron chi connectivity index (χ0n) is 4.65. The third-order valence-electron chi connectivity index (χ3n) is 1.28. The van der Waals surface area contributed by atoms with Crippen molar-refractivity contribution < 1.29 is 4.79 Å². The summed E-state index contributed by atoms with van der Waals surface area (Å²) < 4.78 is 0. The van der Waals surface area contributed by atoms with Gasteiger partial charge < -0.3 is 0 Å². The van der Waals surface area contributed by atoms with Crippen LogP contribution in [0.2, 0.25) is 0 Å². The first-order valence-electron chi connectivity index (χ1n) is 2.53. The molecule has 0 bridgehead atoms. The molecule has 0 heterocycles. The molecule has 1 aliphatic carbocycles. The van der Waals surface area contributed by atoms with E-state index in [-0.39, 0.29) is 5.78 Å². The van der Waals surface area contributed by atoms with E-state index in [1.807, 2.05) is 0 Å². The van der Waals surface area contributed by atoms with Crippen molar-refractivity contribution in [2.24, 2.45) is 0 Å². The van der Waals surface area contributed by atoms with E-state index in [1.54, 1.807) is 13.0 Å². The number of alkyl halides is 1. The van der Waals surface area contributed by atoms with Crippen molar-refractivity contribution in [3.8, 4) is 0 Å². The Morgan fingerprint density at radius 1 is 1.88 bits per heavy atom. The van der Waals surface area contributed by atoms with E-state index >= 15 is 0 Å². The van der Waals surface area contributed by atoms with Crippen molar-refractivity contribution in [1.82, 2.24) is 0 Å². The van der Waals surface area contributed by atoms with Gasteiger partial charge in [0, 0.05) is 0 Å². The fourth-order valence-corrected chi connectivity index (χ4v) is 0.814. The number of allylic oxidation sites excluding steroid dienone is 2. The molecule has 0 saturated heterocycles. The molecule has 1 atom stereocenters. The largest absolute Gasteiger partial charge is 0.293 e. The van der Waals surface area contributed by atoms with Gasteiger partial charge in [-0.3, -0.25) is 4.79 Å². The van der Waals surface area contributed by atoms with Crippen LogP contribution < -0.4 is 0 Å². The molecule has 44 valence electrons. The Labute approximate surface area is 53.3 Å². The van der Waals surface area contributed by atoms with E-state index in [9.17, 15) is 4.79 Å². The molecule has 0 fully saturated rings. The summed E-state index contributed by atoms with van der Waals surface area (Å²) in [5, 5.41) is 0. The van der Waals surface area contributed by atoms with E-state index in [4.69, 9.17) is 11.6 Å². The first kappa shape index (κ1) is 5.83. The van der Waals surface area contributed by atoms with Crippen LogP contribution in [0.25, 0.3) is 0 Å². The molecule has 8 heavy (non-hydrogen) atoms. The van der Waals surface area contributed by atoms with Gasteiger partial charge in [-0.25, -0.2) is 0 Å². The molecule has 0 amide bonds. The lowest BCUT2D eigenvalue weighted by atomic mass is 10.1. The van der Waals surface area contributed by atoms with Gasteiger partial charge in [-0.2, -0.15) is 0 Å². The standard InChI is InChI=1S/C6H7ClO/c1-6(7)4-2-3-5(6)8/h2-3H,4H2,1H3. The second-order valence-corrected chi connectivity index (χ2v) is 3.00. The second-order valence-electron chi connectivity index (χ2n) is 2.17. The number of hydrogen-bond donors (Lipinski definition) is 0. The molecular formula is C6H7ClO. The zero-order chi connectivity index (χ0) is 6.20. The van der Waals surface area contributed by atoms with Crippen molar-refractivity contribution in [2.75, 3.05) is 0 Å². The Morgan fingerprint density at radius 2 is 2.50 bits per heavy atom. The Kier molecular flexibility index (Phi) is 1.16. The smallest absolute Gasteiger partial charge is 0.176 e. The lowest BCUT2D eigenvalue weighted by Crippen LogP contribution is -2.21. The van der Waals surface area contributed by atoms with Gasteiger partial charge in [0.25, 0.3) is 0 Å². The van der Waals surface area contributed by atoms with E-state index in [0.717, 1.165) is 0 Å². The molecule has 0 aromatic carbocycles. The Hall–Kier alpha value is -0.300. The lowest BCUT2D eigenvalue weighted by molar-refractivity contribution is -0.115. The molecule has 1 rings (SSSR count). The van der Waals surface area contributed by atoms with Gasteiger partial charge in [0.1, 0.15) is 4.87 Å². The minimum atomic E-state index is -0.625. The summed E-state index contributed by atoms with van der Waals surface area (Å²) in [6, 6.07) is 0. The SMILES string of the molecule is CC1(Cl)CC=CC1=O. The number of carbonyl (C=O) groups is 1. The Bertz CT molecular complexity index is 147. The number of ketones is 1. The summed E-state index contributed by atoms with van der Waals surface area (Å²) in [5.41, 5.74) is 0. The molecule has 0 aromatic heterocycles. The first-order chi connectivity index (χ1) is 3.63. The maximum Gasteiger partial charge on any atom is 0.176 e. The molecule has 0 saturated carbocycles. The van der Waals surface area contributed by atoms with E-state index in [2.05, 4.69) is 0 Å². The van der Waals surface area contributed by atoms with Crippen molar-refractivity contribution >= 4 is 17.4 Å². The average Bonchev–Trinajstić information content (AvgIpc) is 1.86. The van der Waals surface area contributed by atoms with Gasteiger partial charge in [-0.1, -0.05) is 6.08 Å². The summed E-state index contributed by atoms with van der Waals surface area (Å²) in [7, 11) is 0. The minimum Gasteiger partial charge on any atom is -0.293 e. The van der Waals surface area contributed by atoms with Crippen LogP contribution >= 0.6 is 11.6 Å². The minimum absolute atomic E-state index is 0.0270. The molecule has 1 aliphatic rings. The Morgan fingerprint density at radius 3 is 2.62 bits per heavy atom. The predicted molar refractivity (Wildman–Crippen MR) is 33.0 cm³/mol. The van der Waals surface area contributed by atoms with Crippen LogP contribution in [0.15, 0.2) is 12.2 Å². The van der Waals surface area contributed by atoms with E-state index in [1.165, 1.54) is 6.08 Å². The van der Waals surface area contributed by atoms with Crippen molar-refractivity contribution in [3.63, 3.8) is 0 Å². The van der Waals surface area contributed by atoms with Gasteiger partial charge in [0.15, 0.2) is 5.78 Å². The highest BCUT2D eigenvalue weighted by Gasteiger charge is 2.30. The normalized spacial score (nSPS) is 36.5. The van der Waals surface area contributed by atoms with Crippen LogP contribution in [0.4, 0.5) is 0 Å². The first-order valence-corrected chi connectivity index (χ1v) is 2.90. The molecule has 2 heteroatoms. The summed E-state index contributed by atoms with van der Waals surface area (Å²) >= 11 is 5.71. The van der Waals surface area contributed by atoms with Crippen molar-refractivity contribution in [2.45, 2.75) is 18.2 Å². The van der Waals surface area contributed by atoms with Crippen LogP contribution in [0.5, 0.6) is 0 Å². The Balaban J connectivity index is 2.79. The highest BCUT2D eigenvalue weighted by Crippen LogP contribution is 2.26. The zero-order valence-corrected chi connectivity index (χ0v) is 5.40. The van der Waals surface area contributed by atoms with E-state index in [0.29, 0.717) is 6.42 Å². The van der Waals surface area contributed by atoms with Gasteiger partial charge in [0.2, 0.25) is 0 Å². The molecule has 0 aliphatic heterocycles. The molecule has 0 N–H and O–H groups in total. The van der Waals surface area contributed by atoms with Gasteiger partial charge >= 0.3 is 0 Å². The van der Waals surface area contributed by atoms with Crippen LogP contribution in [0.3, 0.4) is 0 Å². The predicted octanol–water partition coefficient (Wildman–Crippen LogP) is 1.51. The molecule has 0 spiro atoms. The molecule has 1 nitrogen and oxygen atoms in total. The highest BCUT2D eigenvalue weighted by atomic mass is 35.5. The third kappa shape index (κ3) is 0.781. The van der Waals surface area contributed by atoms with Gasteiger partial charge in [-0.05, 0) is 19.4 Å². The summed E-state index contributed by atoms with van der Waals surface area (Å²) in [4.78, 5) is 10.1. The summed E-state index contributed by atoms with van der Waals surface area (Å²) in [6.45, 7) is 1.73. The summed E-state index contributed by atoms with van der Waals surface area (Å²) in [5.74, 6) is 0.0270. The van der Waals surface area contributed by atoms with Crippen LogP contribution in [-0.4, -0.2) is 10.7 Å². The molecule has 1 unspecified atom stereocenters. The van der Waals surface area contributed by atoms with Crippen molar-refractivity contribution in [1.29, 1.82) is 0 Å². The average molecular weight is 131 g/mol. The van der Waals surface area contributed by atoms with Crippen LogP contribution in [0, 0.1) is 0 Å². The number of carbonyl (C=O) groups excluding carboxylic acids is 1. The number of hydrogen-bond acceptors (Lipinski definition) is 1. The highest BCUT2D eigenvalue weighted by molar-refractivity contribution is 6.37. The number of rotatable bonds is 0. The van der Waals surface area contributed by atoms with Crippen molar-refractivity contribution in [3.05, 3.63) is 12.2 Å². The molecule has 0 radical (unpaired) electrons. The van der Waals surface area contributed by atoms with Crippen LogP contribution in [0.1, 0.15) is 13.3 Å². The van der Waals surface area contributed by atoms with E-state index < -0.39 is 4.87 Å². The fourth-order valence-electron chi connectivity index (χ4n) is 0.662. The van der Waals surface area contributed by atoms with Gasteiger partial charge in [-0.15, -0.1) is 11.6 Å². The third-order valence-corrected chi connectivity index (χ3v) is 1.62. The molecular weight excluding hydrogens is 124 g/mol. The quantitative estimate of drug-likeness (QED) is 0.455. The number of halogens is 1. The monoisotopic (exact) mass is 130 g/mol. The maximum absolute atomic E-state index is 10.7. The molecule has 0 aromatic rings.